The van der Waals surface area contributed by atoms with Gasteiger partial charge in [-0.25, -0.2) is 0 Å². The summed E-state index contributed by atoms with van der Waals surface area (Å²) in [6, 6.07) is 0. The highest BCUT2D eigenvalue weighted by atomic mass is 16.4. The number of aliphatic hydroxyl groups excluding tert-OH is 2. The predicted octanol–water partition coefficient (Wildman–Crippen LogP) is 5.89. The molecule has 0 aromatic heterocycles. The van der Waals surface area contributed by atoms with Crippen LogP contribution in [0.3, 0.4) is 0 Å². The molecule has 5 aliphatic carbocycles. The number of fused-ring (bicyclic) bond motifs is 7. The maximum absolute atomic E-state index is 12.7. The first-order chi connectivity index (χ1) is 15.3. The summed E-state index contributed by atoms with van der Waals surface area (Å²) in [6.45, 7) is 14.1. The van der Waals surface area contributed by atoms with Crippen LogP contribution in [0.15, 0.2) is 0 Å². The Labute approximate surface area is 200 Å². The summed E-state index contributed by atoms with van der Waals surface area (Å²) < 4.78 is 0. The lowest BCUT2D eigenvalue weighted by molar-refractivity contribution is -0.250. The first-order valence-corrected chi connectivity index (χ1v) is 13.9. The van der Waals surface area contributed by atoms with Crippen molar-refractivity contribution in [1.29, 1.82) is 0 Å². The van der Waals surface area contributed by atoms with Crippen molar-refractivity contribution in [2.75, 3.05) is 0 Å². The largest absolute Gasteiger partial charge is 0.481 e. The zero-order valence-corrected chi connectivity index (χ0v) is 21.9. The molecule has 5 saturated carbocycles. The molecule has 5 rings (SSSR count). The van der Waals surface area contributed by atoms with Gasteiger partial charge in [-0.1, -0.05) is 34.6 Å². The van der Waals surface area contributed by atoms with Crippen molar-refractivity contribution in [2.45, 2.75) is 118 Å². The van der Waals surface area contributed by atoms with E-state index in [2.05, 4.69) is 34.6 Å². The zero-order valence-electron chi connectivity index (χ0n) is 21.9. The lowest BCUT2D eigenvalue weighted by atomic mass is 9.32. The van der Waals surface area contributed by atoms with Crippen LogP contribution in [0.4, 0.5) is 0 Å². The Morgan fingerprint density at radius 1 is 0.818 bits per heavy atom. The fourth-order valence-electron chi connectivity index (χ4n) is 11.5. The van der Waals surface area contributed by atoms with Gasteiger partial charge in [-0.15, -0.1) is 0 Å². The SMILES string of the molecule is CC(O)[C@@H]1CC[C@]2(C(=O)O)CC[C@]3(C)[C@H](CC[C@@H]4[C@@]5(C)CC[C@H](O)C(C)(C)[C@@H]5CC[C@]43C)[C@@H]12. The van der Waals surface area contributed by atoms with E-state index >= 15 is 0 Å². The Hall–Kier alpha value is -0.610. The fraction of sp³-hybridized carbons (Fsp3) is 0.966. The van der Waals surface area contributed by atoms with Crippen LogP contribution in [0.2, 0.25) is 0 Å². The maximum atomic E-state index is 12.7. The first kappa shape index (κ1) is 24.1. The minimum Gasteiger partial charge on any atom is -0.481 e. The minimum atomic E-state index is -0.632. The van der Waals surface area contributed by atoms with Crippen LogP contribution >= 0.6 is 0 Å². The molecule has 0 amide bonds. The molecule has 0 radical (unpaired) electrons. The van der Waals surface area contributed by atoms with Gasteiger partial charge in [0.25, 0.3) is 0 Å². The molecule has 0 saturated heterocycles. The number of carboxylic acid groups (broad SMARTS) is 1. The van der Waals surface area contributed by atoms with Crippen molar-refractivity contribution in [2.24, 2.45) is 56.7 Å². The standard InChI is InChI=1S/C29H48O4/c1-17(30)18-9-14-29(24(32)33)16-15-27(5)19(23(18)29)7-8-21-26(4)12-11-22(31)25(2,3)20(26)10-13-28(21,27)6/h17-23,30-31H,7-16H2,1-6H3,(H,32,33)/t17?,18-,19+,20-,21+,22-,23+,26-,27+,28+,29-/m0/s1. The van der Waals surface area contributed by atoms with Gasteiger partial charge in [0.15, 0.2) is 0 Å². The second kappa shape index (κ2) is 7.21. The van der Waals surface area contributed by atoms with E-state index in [1.807, 2.05) is 6.92 Å². The van der Waals surface area contributed by atoms with E-state index in [-0.39, 0.29) is 39.6 Å². The lowest BCUT2D eigenvalue weighted by Gasteiger charge is -2.72. The van der Waals surface area contributed by atoms with Gasteiger partial charge in [0.2, 0.25) is 0 Å². The molecule has 4 nitrogen and oxygen atoms in total. The van der Waals surface area contributed by atoms with Crippen molar-refractivity contribution in [3.8, 4) is 0 Å². The highest BCUT2D eigenvalue weighted by Gasteiger charge is 2.72. The number of hydrogen-bond acceptors (Lipinski definition) is 3. The second-order valence-corrected chi connectivity index (χ2v) is 14.5. The molecule has 0 spiro atoms. The van der Waals surface area contributed by atoms with Crippen LogP contribution in [-0.2, 0) is 4.79 Å². The smallest absolute Gasteiger partial charge is 0.309 e. The summed E-state index contributed by atoms with van der Waals surface area (Å²) in [6.07, 6.45) is 9.39. The van der Waals surface area contributed by atoms with E-state index in [0.29, 0.717) is 17.8 Å². The third-order valence-corrected chi connectivity index (χ3v) is 13.5. The molecule has 33 heavy (non-hydrogen) atoms. The molecule has 0 aliphatic heterocycles. The van der Waals surface area contributed by atoms with Crippen molar-refractivity contribution in [3.63, 3.8) is 0 Å². The first-order valence-electron chi connectivity index (χ1n) is 13.9. The van der Waals surface area contributed by atoms with Crippen molar-refractivity contribution in [1.82, 2.24) is 0 Å². The number of hydrogen-bond donors (Lipinski definition) is 3. The molecule has 1 unspecified atom stereocenters. The Morgan fingerprint density at radius 2 is 1.52 bits per heavy atom. The van der Waals surface area contributed by atoms with Gasteiger partial charge in [-0.05, 0) is 122 Å². The van der Waals surface area contributed by atoms with Gasteiger partial charge < -0.3 is 15.3 Å². The molecular weight excluding hydrogens is 412 g/mol. The third-order valence-electron chi connectivity index (χ3n) is 13.5. The molecule has 0 aromatic carbocycles. The van der Waals surface area contributed by atoms with E-state index in [1.54, 1.807) is 0 Å². The Bertz CT molecular complexity index is 820. The molecule has 0 heterocycles. The van der Waals surface area contributed by atoms with E-state index < -0.39 is 17.5 Å². The molecule has 5 fully saturated rings. The summed E-state index contributed by atoms with van der Waals surface area (Å²) in [5.74, 6) is 1.16. The van der Waals surface area contributed by atoms with Crippen LogP contribution in [0.5, 0.6) is 0 Å². The van der Waals surface area contributed by atoms with Crippen LogP contribution in [0.1, 0.15) is 106 Å². The number of carbonyl (C=O) groups is 1. The minimum absolute atomic E-state index is 0.0417. The second-order valence-electron chi connectivity index (χ2n) is 14.5. The highest BCUT2D eigenvalue weighted by Crippen LogP contribution is 2.77. The molecule has 4 heteroatoms. The Balaban J connectivity index is 1.56. The number of rotatable bonds is 2. The third kappa shape index (κ3) is 2.80. The monoisotopic (exact) mass is 460 g/mol. The quantitative estimate of drug-likeness (QED) is 0.480. The number of carboxylic acids is 1. The zero-order chi connectivity index (χ0) is 24.2. The molecule has 188 valence electrons. The van der Waals surface area contributed by atoms with Crippen LogP contribution in [-0.4, -0.2) is 33.5 Å². The van der Waals surface area contributed by atoms with E-state index in [9.17, 15) is 20.1 Å². The Morgan fingerprint density at radius 3 is 2.15 bits per heavy atom. The predicted molar refractivity (Wildman–Crippen MR) is 129 cm³/mol. The van der Waals surface area contributed by atoms with Crippen LogP contribution < -0.4 is 0 Å². The summed E-state index contributed by atoms with van der Waals surface area (Å²) in [5, 5.41) is 32.0. The van der Waals surface area contributed by atoms with E-state index in [0.717, 1.165) is 44.9 Å². The lowest BCUT2D eigenvalue weighted by Crippen LogP contribution is -2.67. The number of aliphatic carboxylic acids is 1. The average Bonchev–Trinajstić information content (AvgIpc) is 3.13. The molecular formula is C29H48O4. The normalized spacial score (nSPS) is 56.1. The molecule has 3 N–H and O–H groups in total. The van der Waals surface area contributed by atoms with Crippen LogP contribution in [0.25, 0.3) is 0 Å². The maximum Gasteiger partial charge on any atom is 0.309 e. The molecule has 0 bridgehead atoms. The molecule has 0 aromatic rings. The number of aliphatic hydroxyl groups is 2. The van der Waals surface area contributed by atoms with Gasteiger partial charge in [0.05, 0.1) is 17.6 Å². The van der Waals surface area contributed by atoms with Gasteiger partial charge in [0.1, 0.15) is 0 Å². The molecule has 5 aliphatic rings. The van der Waals surface area contributed by atoms with Gasteiger partial charge >= 0.3 is 5.97 Å². The Kier molecular flexibility index (Phi) is 5.27. The summed E-state index contributed by atoms with van der Waals surface area (Å²) in [5.41, 5.74) is -0.126. The van der Waals surface area contributed by atoms with E-state index in [4.69, 9.17) is 0 Å². The van der Waals surface area contributed by atoms with Crippen LogP contribution in [0, 0.1) is 56.7 Å². The van der Waals surface area contributed by atoms with Crippen molar-refractivity contribution < 1.29 is 20.1 Å². The topological polar surface area (TPSA) is 77.8 Å². The summed E-state index contributed by atoms with van der Waals surface area (Å²) in [4.78, 5) is 12.7. The summed E-state index contributed by atoms with van der Waals surface area (Å²) in [7, 11) is 0. The van der Waals surface area contributed by atoms with Gasteiger partial charge in [-0.2, -0.15) is 0 Å². The van der Waals surface area contributed by atoms with Crippen molar-refractivity contribution >= 4 is 5.97 Å². The van der Waals surface area contributed by atoms with Gasteiger partial charge in [-0.3, -0.25) is 4.79 Å². The van der Waals surface area contributed by atoms with E-state index in [1.165, 1.54) is 19.3 Å². The fourth-order valence-corrected chi connectivity index (χ4v) is 11.5. The summed E-state index contributed by atoms with van der Waals surface area (Å²) >= 11 is 0. The van der Waals surface area contributed by atoms with Gasteiger partial charge in [0, 0.05) is 0 Å². The highest BCUT2D eigenvalue weighted by molar-refractivity contribution is 5.76. The van der Waals surface area contributed by atoms with Crippen molar-refractivity contribution in [3.05, 3.63) is 0 Å². The molecule has 11 atom stereocenters. The average molecular weight is 461 g/mol.